The summed E-state index contributed by atoms with van der Waals surface area (Å²) >= 11 is 6.00. The van der Waals surface area contributed by atoms with Crippen molar-refractivity contribution in [2.45, 2.75) is 70.4 Å². The zero-order valence-electron chi connectivity index (χ0n) is 26.7. The lowest BCUT2D eigenvalue weighted by atomic mass is 9.83. The van der Waals surface area contributed by atoms with E-state index in [1.54, 1.807) is 24.3 Å². The molecule has 3 aromatic carbocycles. The number of halogens is 1. The van der Waals surface area contributed by atoms with Crippen LogP contribution in [0.2, 0.25) is 5.02 Å². The predicted molar refractivity (Wildman–Crippen MR) is 176 cm³/mol. The molecule has 2 amide bonds. The van der Waals surface area contributed by atoms with Crippen molar-refractivity contribution in [1.29, 1.82) is 0 Å². The molecule has 3 aliphatic rings. The number of carbonyl (C=O) groups excluding carboxylic acids is 2. The minimum Gasteiger partial charge on any atom is -0.390 e. The van der Waals surface area contributed by atoms with Gasteiger partial charge in [-0.05, 0) is 68.5 Å². The van der Waals surface area contributed by atoms with Crippen molar-refractivity contribution < 1.29 is 14.7 Å². The highest BCUT2D eigenvalue weighted by Gasteiger charge is 2.44. The van der Waals surface area contributed by atoms with E-state index in [1.165, 1.54) is 11.1 Å². The summed E-state index contributed by atoms with van der Waals surface area (Å²) in [4.78, 5) is 33.5. The number of likely N-dealkylation sites (tertiary alicyclic amines) is 1. The number of nitrogens with zero attached hydrogens (tertiary/aromatic N) is 3. The van der Waals surface area contributed by atoms with Gasteiger partial charge in [0, 0.05) is 49.9 Å². The molecule has 0 spiro atoms. The summed E-state index contributed by atoms with van der Waals surface area (Å²) in [7, 11) is 0. The molecule has 2 atom stereocenters. The quantitative estimate of drug-likeness (QED) is 0.389. The van der Waals surface area contributed by atoms with Gasteiger partial charge in [0.15, 0.2) is 0 Å². The van der Waals surface area contributed by atoms with Crippen molar-refractivity contribution in [2.24, 2.45) is 0 Å². The van der Waals surface area contributed by atoms with E-state index in [0.717, 1.165) is 22.3 Å². The highest BCUT2D eigenvalue weighted by molar-refractivity contribution is 6.30. The summed E-state index contributed by atoms with van der Waals surface area (Å²) in [5.41, 5.74) is 7.36. The van der Waals surface area contributed by atoms with E-state index < -0.39 is 12.0 Å². The molecular weight excluding hydrogens is 570 g/mol. The van der Waals surface area contributed by atoms with Crippen LogP contribution in [-0.2, 0) is 15.6 Å². The number of benzene rings is 3. The lowest BCUT2D eigenvalue weighted by molar-refractivity contribution is -0.131. The Morgan fingerprint density at radius 2 is 1.25 bits per heavy atom. The summed E-state index contributed by atoms with van der Waals surface area (Å²) in [6, 6.07) is 20.1. The second kappa shape index (κ2) is 11.3. The molecule has 7 heteroatoms. The van der Waals surface area contributed by atoms with Gasteiger partial charge in [-0.25, -0.2) is 0 Å². The SMILES string of the molecule is CC(C)(C)c1ccc2c(c1)C(C(=O)N1CC(O)C(N3CCN(C(=O)c4ccc(Cl)cc4)CC3)C1)c1cc(C(C)(C)C)ccc1-2. The summed E-state index contributed by atoms with van der Waals surface area (Å²) in [5.74, 6) is -0.350. The van der Waals surface area contributed by atoms with Gasteiger partial charge in [-0.1, -0.05) is 89.5 Å². The van der Waals surface area contributed by atoms with Crippen molar-refractivity contribution in [1.82, 2.24) is 14.7 Å². The lowest BCUT2D eigenvalue weighted by Crippen LogP contribution is -2.55. The molecule has 0 radical (unpaired) electrons. The molecule has 232 valence electrons. The zero-order valence-corrected chi connectivity index (χ0v) is 27.5. The highest BCUT2D eigenvalue weighted by Crippen LogP contribution is 2.48. The summed E-state index contributed by atoms with van der Waals surface area (Å²) in [5, 5.41) is 11.9. The Kier molecular flexibility index (Phi) is 7.92. The second-order valence-electron chi connectivity index (χ2n) is 14.8. The average molecular weight is 614 g/mol. The fourth-order valence-electron chi connectivity index (χ4n) is 6.98. The minimum absolute atomic E-state index is 0.00657. The van der Waals surface area contributed by atoms with Crippen LogP contribution in [0, 0.1) is 0 Å². The Bertz CT molecular complexity index is 1520. The first-order valence-corrected chi connectivity index (χ1v) is 16.1. The first-order chi connectivity index (χ1) is 20.7. The molecule has 1 aliphatic carbocycles. The maximum Gasteiger partial charge on any atom is 0.253 e. The topological polar surface area (TPSA) is 64.1 Å². The van der Waals surface area contributed by atoms with E-state index >= 15 is 0 Å². The molecule has 6 nitrogen and oxygen atoms in total. The van der Waals surface area contributed by atoms with Crippen molar-refractivity contribution in [2.75, 3.05) is 39.3 Å². The molecule has 0 saturated carbocycles. The Balaban J connectivity index is 1.22. The normalized spacial score (nSPS) is 21.0. The zero-order chi connectivity index (χ0) is 31.6. The molecule has 2 unspecified atom stereocenters. The number of aliphatic hydroxyl groups excluding tert-OH is 1. The molecule has 2 aliphatic heterocycles. The van der Waals surface area contributed by atoms with Crippen LogP contribution in [0.25, 0.3) is 11.1 Å². The van der Waals surface area contributed by atoms with Crippen molar-refractivity contribution in [3.8, 4) is 11.1 Å². The third-order valence-corrected chi connectivity index (χ3v) is 9.98. The van der Waals surface area contributed by atoms with E-state index in [-0.39, 0.29) is 28.7 Å². The molecule has 0 bridgehead atoms. The monoisotopic (exact) mass is 613 g/mol. The maximum atomic E-state index is 14.5. The van der Waals surface area contributed by atoms with Gasteiger partial charge >= 0.3 is 0 Å². The first-order valence-electron chi connectivity index (χ1n) is 15.8. The van der Waals surface area contributed by atoms with Gasteiger partial charge in [0.1, 0.15) is 0 Å². The van der Waals surface area contributed by atoms with Gasteiger partial charge in [0.25, 0.3) is 5.91 Å². The molecule has 2 fully saturated rings. The van der Waals surface area contributed by atoms with Crippen LogP contribution < -0.4 is 0 Å². The van der Waals surface area contributed by atoms with Gasteiger partial charge in [-0.2, -0.15) is 0 Å². The first kappa shape index (κ1) is 30.8. The Labute approximate surface area is 266 Å². The van der Waals surface area contributed by atoms with Gasteiger partial charge in [0.2, 0.25) is 5.91 Å². The fourth-order valence-corrected chi connectivity index (χ4v) is 7.11. The van der Waals surface area contributed by atoms with E-state index in [9.17, 15) is 14.7 Å². The smallest absolute Gasteiger partial charge is 0.253 e. The van der Waals surface area contributed by atoms with Gasteiger partial charge in [-0.15, -0.1) is 0 Å². The van der Waals surface area contributed by atoms with Crippen LogP contribution in [0.15, 0.2) is 60.7 Å². The van der Waals surface area contributed by atoms with Crippen molar-refractivity contribution >= 4 is 23.4 Å². The third kappa shape index (κ3) is 5.68. The van der Waals surface area contributed by atoms with Crippen LogP contribution in [0.4, 0.5) is 0 Å². The minimum atomic E-state index is -0.639. The van der Waals surface area contributed by atoms with Crippen molar-refractivity contribution in [3.05, 3.63) is 93.5 Å². The molecular formula is C37H44ClN3O3. The van der Waals surface area contributed by atoms with Crippen molar-refractivity contribution in [3.63, 3.8) is 0 Å². The number of piperazine rings is 1. The number of rotatable bonds is 3. The largest absolute Gasteiger partial charge is 0.390 e. The molecule has 44 heavy (non-hydrogen) atoms. The Hall–Kier alpha value is -3.19. The predicted octanol–water partition coefficient (Wildman–Crippen LogP) is 6.08. The van der Waals surface area contributed by atoms with Crippen LogP contribution in [0.3, 0.4) is 0 Å². The number of aliphatic hydroxyl groups is 1. The summed E-state index contributed by atoms with van der Waals surface area (Å²) in [6.07, 6.45) is -0.639. The number of amides is 2. The van der Waals surface area contributed by atoms with E-state index in [2.05, 4.69) is 82.8 Å². The molecule has 0 aromatic heterocycles. The molecule has 2 saturated heterocycles. The van der Waals surface area contributed by atoms with Gasteiger partial charge in [-0.3, -0.25) is 14.5 Å². The summed E-state index contributed by atoms with van der Waals surface area (Å²) < 4.78 is 0. The number of hydrogen-bond acceptors (Lipinski definition) is 4. The molecule has 2 heterocycles. The fraction of sp³-hybridized carbons (Fsp3) is 0.459. The van der Waals surface area contributed by atoms with Crippen LogP contribution in [0.5, 0.6) is 0 Å². The number of fused-ring (bicyclic) bond motifs is 3. The molecule has 6 rings (SSSR count). The van der Waals surface area contributed by atoms with Crippen LogP contribution in [0.1, 0.15) is 80.1 Å². The Morgan fingerprint density at radius 3 is 1.75 bits per heavy atom. The number of β-amino-alcohol motifs (C(OH)–C–C–N with tert-alkyl or cyclic N) is 1. The maximum absolute atomic E-state index is 14.5. The number of hydrogen-bond donors (Lipinski definition) is 1. The lowest BCUT2D eigenvalue weighted by Gasteiger charge is -2.38. The van der Waals surface area contributed by atoms with E-state index in [1.807, 2.05) is 9.80 Å². The van der Waals surface area contributed by atoms with Gasteiger partial charge < -0.3 is 14.9 Å². The van der Waals surface area contributed by atoms with Crippen LogP contribution >= 0.6 is 11.6 Å². The third-order valence-electron chi connectivity index (χ3n) is 9.73. The molecule has 3 aromatic rings. The van der Waals surface area contributed by atoms with Crippen LogP contribution in [-0.4, -0.2) is 83.0 Å². The van der Waals surface area contributed by atoms with E-state index in [4.69, 9.17) is 11.6 Å². The van der Waals surface area contributed by atoms with Gasteiger partial charge in [0.05, 0.1) is 18.1 Å². The Morgan fingerprint density at radius 1 is 0.727 bits per heavy atom. The molecule has 1 N–H and O–H groups in total. The van der Waals surface area contributed by atoms with E-state index in [0.29, 0.717) is 49.9 Å². The second-order valence-corrected chi connectivity index (χ2v) is 15.2. The average Bonchev–Trinajstić information content (AvgIpc) is 3.53. The standard InChI is InChI=1S/C37H44ClN3O3/c1-36(2,3)24-9-13-27-28-14-10-25(37(4,5)6)20-30(28)33(29(27)19-24)35(44)41-21-31(32(42)22-41)39-15-17-40(18-16-39)34(43)23-7-11-26(38)12-8-23/h7-14,19-20,31-33,42H,15-18,21-22H2,1-6H3. The number of carbonyl (C=O) groups is 2. The highest BCUT2D eigenvalue weighted by atomic mass is 35.5. The summed E-state index contributed by atoms with van der Waals surface area (Å²) in [6.45, 7) is 16.5.